The van der Waals surface area contributed by atoms with Crippen molar-refractivity contribution < 1.29 is 4.79 Å². The highest BCUT2D eigenvalue weighted by Gasteiger charge is 2.30. The SMILES string of the molecule is CC1CCN(C(=O)C(N)CNC(C)(C)C(C)C(C)C)CC1. The van der Waals surface area contributed by atoms with E-state index in [4.69, 9.17) is 5.73 Å². The van der Waals surface area contributed by atoms with Crippen molar-refractivity contribution in [2.45, 2.75) is 66.0 Å². The van der Waals surface area contributed by atoms with E-state index in [0.29, 0.717) is 18.4 Å². The normalized spacial score (nSPS) is 20.7. The van der Waals surface area contributed by atoms with Gasteiger partial charge in [-0.2, -0.15) is 0 Å². The molecule has 2 atom stereocenters. The number of hydrogen-bond donors (Lipinski definition) is 2. The zero-order valence-corrected chi connectivity index (χ0v) is 14.8. The van der Waals surface area contributed by atoms with Crippen LogP contribution < -0.4 is 11.1 Å². The maximum absolute atomic E-state index is 12.4. The highest BCUT2D eigenvalue weighted by atomic mass is 16.2. The van der Waals surface area contributed by atoms with E-state index in [1.165, 1.54) is 0 Å². The van der Waals surface area contributed by atoms with Gasteiger partial charge in [0.25, 0.3) is 0 Å². The molecule has 1 aliphatic rings. The first kappa shape index (κ1) is 18.4. The number of piperidine rings is 1. The van der Waals surface area contributed by atoms with E-state index in [9.17, 15) is 4.79 Å². The molecule has 2 unspecified atom stereocenters. The second-order valence-corrected chi connectivity index (χ2v) is 7.75. The van der Waals surface area contributed by atoms with E-state index < -0.39 is 6.04 Å². The largest absolute Gasteiger partial charge is 0.341 e. The Hall–Kier alpha value is -0.610. The molecule has 21 heavy (non-hydrogen) atoms. The van der Waals surface area contributed by atoms with Crippen molar-refractivity contribution in [2.24, 2.45) is 23.5 Å². The summed E-state index contributed by atoms with van der Waals surface area (Å²) < 4.78 is 0. The van der Waals surface area contributed by atoms with E-state index in [2.05, 4.69) is 46.9 Å². The number of nitrogens with zero attached hydrogens (tertiary/aromatic N) is 1. The first-order valence-electron chi connectivity index (χ1n) is 8.44. The molecule has 1 heterocycles. The second kappa shape index (κ2) is 7.59. The number of likely N-dealkylation sites (tertiary alicyclic amines) is 1. The molecule has 0 aromatic heterocycles. The van der Waals surface area contributed by atoms with Gasteiger partial charge in [0.1, 0.15) is 0 Å². The Labute approximate surface area is 130 Å². The van der Waals surface area contributed by atoms with Crippen molar-refractivity contribution in [3.05, 3.63) is 0 Å². The Balaban J connectivity index is 2.45. The van der Waals surface area contributed by atoms with Gasteiger partial charge in [0.05, 0.1) is 6.04 Å². The molecule has 0 radical (unpaired) electrons. The van der Waals surface area contributed by atoms with Crippen molar-refractivity contribution in [1.29, 1.82) is 0 Å². The van der Waals surface area contributed by atoms with Gasteiger partial charge in [-0.1, -0.05) is 27.7 Å². The van der Waals surface area contributed by atoms with E-state index in [-0.39, 0.29) is 11.4 Å². The maximum Gasteiger partial charge on any atom is 0.240 e. The van der Waals surface area contributed by atoms with E-state index in [1.807, 2.05) is 4.90 Å². The predicted octanol–water partition coefficient (Wildman–Crippen LogP) is 2.23. The van der Waals surface area contributed by atoms with Crippen LogP contribution in [0.1, 0.15) is 54.4 Å². The van der Waals surface area contributed by atoms with E-state index >= 15 is 0 Å². The topological polar surface area (TPSA) is 58.4 Å². The van der Waals surface area contributed by atoms with Crippen molar-refractivity contribution >= 4 is 5.91 Å². The number of rotatable bonds is 6. The van der Waals surface area contributed by atoms with Crippen LogP contribution in [-0.4, -0.2) is 42.0 Å². The van der Waals surface area contributed by atoms with E-state index in [0.717, 1.165) is 31.8 Å². The van der Waals surface area contributed by atoms with Gasteiger partial charge >= 0.3 is 0 Å². The smallest absolute Gasteiger partial charge is 0.240 e. The van der Waals surface area contributed by atoms with Crippen LogP contribution in [0.4, 0.5) is 0 Å². The molecule has 0 aromatic carbocycles. The molecule has 1 fully saturated rings. The molecule has 0 spiro atoms. The molecule has 1 saturated heterocycles. The summed E-state index contributed by atoms with van der Waals surface area (Å²) in [6.45, 7) is 15.6. The summed E-state index contributed by atoms with van der Waals surface area (Å²) in [5, 5.41) is 3.50. The molecule has 4 heteroatoms. The molecule has 4 nitrogen and oxygen atoms in total. The third-order valence-corrected chi connectivity index (χ3v) is 5.33. The Bertz CT molecular complexity index is 333. The van der Waals surface area contributed by atoms with Crippen molar-refractivity contribution in [1.82, 2.24) is 10.2 Å². The third kappa shape index (κ3) is 5.26. The fourth-order valence-electron chi connectivity index (χ4n) is 2.92. The summed E-state index contributed by atoms with van der Waals surface area (Å²) in [4.78, 5) is 14.3. The maximum atomic E-state index is 12.4. The van der Waals surface area contributed by atoms with Gasteiger partial charge < -0.3 is 16.0 Å². The van der Waals surface area contributed by atoms with Crippen molar-refractivity contribution in [3.8, 4) is 0 Å². The lowest BCUT2D eigenvalue weighted by molar-refractivity contribution is -0.133. The second-order valence-electron chi connectivity index (χ2n) is 7.75. The van der Waals surface area contributed by atoms with E-state index in [1.54, 1.807) is 0 Å². The summed E-state index contributed by atoms with van der Waals surface area (Å²) in [7, 11) is 0. The Morgan fingerprint density at radius 1 is 1.29 bits per heavy atom. The van der Waals surface area contributed by atoms with Crippen molar-refractivity contribution in [2.75, 3.05) is 19.6 Å². The van der Waals surface area contributed by atoms with Crippen molar-refractivity contribution in [3.63, 3.8) is 0 Å². The number of nitrogens with two attached hydrogens (primary N) is 1. The molecule has 3 N–H and O–H groups in total. The predicted molar refractivity (Wildman–Crippen MR) is 89.0 cm³/mol. The summed E-state index contributed by atoms with van der Waals surface area (Å²) in [6.07, 6.45) is 2.20. The number of carbonyl (C=O) groups excluding carboxylic acids is 1. The molecule has 1 amide bonds. The monoisotopic (exact) mass is 297 g/mol. The van der Waals surface area contributed by atoms with Gasteiger partial charge in [-0.25, -0.2) is 0 Å². The molecule has 0 aromatic rings. The fourth-order valence-corrected chi connectivity index (χ4v) is 2.92. The molecular weight excluding hydrogens is 262 g/mol. The number of carbonyl (C=O) groups is 1. The summed E-state index contributed by atoms with van der Waals surface area (Å²) in [6, 6.07) is -0.433. The first-order valence-corrected chi connectivity index (χ1v) is 8.44. The molecule has 1 aliphatic heterocycles. The Kier molecular flexibility index (Phi) is 6.67. The molecule has 0 saturated carbocycles. The number of hydrogen-bond acceptors (Lipinski definition) is 3. The quantitative estimate of drug-likeness (QED) is 0.790. The van der Waals surface area contributed by atoms with Gasteiger partial charge in [0, 0.05) is 25.2 Å². The summed E-state index contributed by atoms with van der Waals surface area (Å²) in [5.41, 5.74) is 6.10. The Morgan fingerprint density at radius 3 is 2.29 bits per heavy atom. The zero-order valence-electron chi connectivity index (χ0n) is 14.8. The molecule has 124 valence electrons. The summed E-state index contributed by atoms with van der Waals surface area (Å²) >= 11 is 0. The number of nitrogens with one attached hydrogen (secondary N) is 1. The van der Waals surface area contributed by atoms with Gasteiger partial charge in [-0.05, 0) is 44.4 Å². The van der Waals surface area contributed by atoms with Crippen LogP contribution in [0.2, 0.25) is 0 Å². The van der Waals surface area contributed by atoms with Crippen LogP contribution in [0.3, 0.4) is 0 Å². The lowest BCUT2D eigenvalue weighted by Crippen LogP contribution is -2.56. The average Bonchev–Trinajstić information content (AvgIpc) is 2.43. The highest BCUT2D eigenvalue weighted by molar-refractivity contribution is 5.82. The van der Waals surface area contributed by atoms with Gasteiger partial charge in [-0.3, -0.25) is 4.79 Å². The minimum absolute atomic E-state index is 0.0114. The minimum Gasteiger partial charge on any atom is -0.341 e. The highest BCUT2D eigenvalue weighted by Crippen LogP contribution is 2.24. The molecule has 0 bridgehead atoms. The molecule has 0 aliphatic carbocycles. The summed E-state index contributed by atoms with van der Waals surface area (Å²) in [5.74, 6) is 1.95. The van der Waals surface area contributed by atoms with Crippen LogP contribution in [0.25, 0.3) is 0 Å². The van der Waals surface area contributed by atoms with Crippen LogP contribution in [0.5, 0.6) is 0 Å². The van der Waals surface area contributed by atoms with Crippen LogP contribution in [0.15, 0.2) is 0 Å². The Morgan fingerprint density at radius 2 is 1.81 bits per heavy atom. The van der Waals surface area contributed by atoms with Gasteiger partial charge in [-0.15, -0.1) is 0 Å². The number of amides is 1. The van der Waals surface area contributed by atoms with Gasteiger partial charge in [0.2, 0.25) is 5.91 Å². The van der Waals surface area contributed by atoms with Crippen LogP contribution >= 0.6 is 0 Å². The average molecular weight is 297 g/mol. The van der Waals surface area contributed by atoms with Crippen LogP contribution in [0, 0.1) is 17.8 Å². The standard InChI is InChI=1S/C17H35N3O/c1-12(2)14(4)17(5,6)19-11-15(18)16(21)20-9-7-13(3)8-10-20/h12-15,19H,7-11,18H2,1-6H3. The molecule has 1 rings (SSSR count). The van der Waals surface area contributed by atoms with Gasteiger partial charge in [0.15, 0.2) is 0 Å². The third-order valence-electron chi connectivity index (χ3n) is 5.33. The zero-order chi connectivity index (χ0) is 16.2. The lowest BCUT2D eigenvalue weighted by Gasteiger charge is -2.37. The van der Waals surface area contributed by atoms with Crippen LogP contribution in [-0.2, 0) is 4.79 Å². The lowest BCUT2D eigenvalue weighted by atomic mass is 9.81. The first-order chi connectivity index (χ1) is 9.65. The molecular formula is C17H35N3O. The fraction of sp³-hybridized carbons (Fsp3) is 0.941. The minimum atomic E-state index is -0.433.